The van der Waals surface area contributed by atoms with Gasteiger partial charge in [-0.15, -0.1) is 5.60 Å². The average molecular weight is 819 g/mol. The number of anilines is 3. The van der Waals surface area contributed by atoms with Crippen LogP contribution in [-0.4, -0.2) is 41.7 Å². The van der Waals surface area contributed by atoms with Crippen molar-refractivity contribution in [3.05, 3.63) is 64.2 Å². The first-order valence-electron chi connectivity index (χ1n) is 11.1. The van der Waals surface area contributed by atoms with Crippen LogP contribution in [0, 0.1) is 20.8 Å². The smallest absolute Gasteiger partial charge is 0.850 e. The Morgan fingerprint density at radius 3 is 1.49 bits per heavy atom. The van der Waals surface area contributed by atoms with E-state index in [0.717, 1.165) is 41.5 Å². The van der Waals surface area contributed by atoms with Crippen molar-refractivity contribution < 1.29 is 56.5 Å². The number of nitrogen functional groups attached to an aromatic ring is 1. The van der Waals surface area contributed by atoms with Gasteiger partial charge in [-0.2, -0.15) is 0 Å². The number of nitrogens with two attached hydrogens (primary N) is 1. The number of nitrogens with zero attached hydrogens (tertiary/aromatic N) is 4. The van der Waals surface area contributed by atoms with Crippen molar-refractivity contribution in [1.82, 2.24) is 15.0 Å². The van der Waals surface area contributed by atoms with Gasteiger partial charge < -0.3 is 21.1 Å². The van der Waals surface area contributed by atoms with Gasteiger partial charge in [-0.1, -0.05) is 55.6 Å². The molecule has 0 fully saturated rings. The van der Waals surface area contributed by atoms with Crippen molar-refractivity contribution in [2.24, 2.45) is 0 Å². The molecule has 0 saturated heterocycles. The van der Waals surface area contributed by atoms with E-state index in [1.165, 1.54) is 0 Å². The molecular formula is C25H33Br3Cl3KN6O. The van der Waals surface area contributed by atoms with Gasteiger partial charge in [0.25, 0.3) is 0 Å². The van der Waals surface area contributed by atoms with Gasteiger partial charge in [0, 0.05) is 53.2 Å². The van der Waals surface area contributed by atoms with Gasteiger partial charge in [0.2, 0.25) is 0 Å². The van der Waals surface area contributed by atoms with Gasteiger partial charge in [0.1, 0.15) is 0 Å². The zero-order valence-corrected chi connectivity index (χ0v) is 33.9. The number of hydrogen-bond donors (Lipinski definition) is 2. The van der Waals surface area contributed by atoms with Crippen LogP contribution in [0.5, 0.6) is 0 Å². The SMILES string of the molecule is CC(C)(C)[O-].CNc1c(Cl)ncc(Br)c1C.Cc1c(Br)cnc(Cl)c1N.Cc1c(Br)cnc(Cl)c1N(C)C.[K+]. The molecule has 0 saturated carbocycles. The van der Waals surface area contributed by atoms with Crippen molar-refractivity contribution in [2.45, 2.75) is 47.1 Å². The molecule has 0 aliphatic heterocycles. The maximum Gasteiger partial charge on any atom is 1.00 e. The second-order valence-corrected chi connectivity index (χ2v) is 12.6. The van der Waals surface area contributed by atoms with E-state index in [0.29, 0.717) is 21.1 Å². The summed E-state index contributed by atoms with van der Waals surface area (Å²) in [5, 5.41) is 14.5. The fraction of sp³-hybridized carbons (Fsp3) is 0.400. The van der Waals surface area contributed by atoms with E-state index in [4.69, 9.17) is 40.5 Å². The molecule has 0 aliphatic carbocycles. The van der Waals surface area contributed by atoms with E-state index >= 15 is 0 Å². The van der Waals surface area contributed by atoms with Crippen LogP contribution in [0.25, 0.3) is 0 Å². The van der Waals surface area contributed by atoms with Gasteiger partial charge in [-0.3, -0.25) is 0 Å². The molecular weight excluding hydrogens is 785 g/mol. The molecule has 3 heterocycles. The van der Waals surface area contributed by atoms with Gasteiger partial charge in [-0.05, 0) is 85.3 Å². The average Bonchev–Trinajstić information content (AvgIpc) is 2.80. The molecule has 3 N–H and O–H groups in total. The zero-order valence-electron chi connectivity index (χ0n) is 23.8. The first-order valence-corrected chi connectivity index (χ1v) is 14.6. The number of rotatable bonds is 2. The molecule has 0 atom stereocenters. The van der Waals surface area contributed by atoms with Crippen molar-refractivity contribution in [2.75, 3.05) is 37.1 Å². The number of nitrogens with one attached hydrogen (secondary N) is 1. The molecule has 3 aromatic rings. The standard InChI is InChI=1S/C8H10BrClN2.C7H8BrClN2.C6H6BrClN2.C4H9O.K/c1-5-6(9)4-11-8(10)7(5)12(2)3;1-4-5(8)3-11-7(9)6(4)10-2;1-3-4(7)2-10-6(8)5(3)9;1-4(2,3)5;/h4H,1-3H3;3,10H,1-2H3;2H,9H2,1H3;1-3H3;/q;;;-1;+1. The topological polar surface area (TPSA) is 103 Å². The summed E-state index contributed by atoms with van der Waals surface area (Å²) in [7, 11) is 5.72. The fourth-order valence-electron chi connectivity index (χ4n) is 2.46. The maximum absolute atomic E-state index is 10.1. The van der Waals surface area contributed by atoms with Crippen molar-refractivity contribution in [3.63, 3.8) is 0 Å². The Kier molecular flexibility index (Phi) is 21.3. The van der Waals surface area contributed by atoms with Gasteiger partial charge in [0.05, 0.1) is 17.1 Å². The van der Waals surface area contributed by atoms with Crippen molar-refractivity contribution in [1.29, 1.82) is 0 Å². The normalized spacial score (nSPS) is 9.95. The predicted octanol–water partition coefficient (Wildman–Crippen LogP) is 5.26. The molecule has 3 aromatic heterocycles. The number of pyridine rings is 3. The van der Waals surface area contributed by atoms with E-state index in [9.17, 15) is 5.11 Å². The minimum atomic E-state index is -0.750. The Hall–Kier alpha value is 0.756. The summed E-state index contributed by atoms with van der Waals surface area (Å²) in [5.41, 5.74) is 10.3. The molecule has 0 bridgehead atoms. The molecule has 14 heteroatoms. The Bertz CT molecular complexity index is 1180. The monoisotopic (exact) mass is 814 g/mol. The number of halogens is 6. The largest absolute Gasteiger partial charge is 1.00 e. The Balaban J connectivity index is 0. The Labute approximate surface area is 315 Å². The summed E-state index contributed by atoms with van der Waals surface area (Å²) in [6, 6.07) is 0. The summed E-state index contributed by atoms with van der Waals surface area (Å²) in [6.45, 7) is 10.8. The molecule has 0 spiro atoms. The molecule has 0 unspecified atom stereocenters. The summed E-state index contributed by atoms with van der Waals surface area (Å²) >= 11 is 27.4. The molecule has 212 valence electrons. The minimum Gasteiger partial charge on any atom is -0.850 e. The van der Waals surface area contributed by atoms with E-state index in [1.807, 2.05) is 46.8 Å². The van der Waals surface area contributed by atoms with Crippen LogP contribution >= 0.6 is 82.6 Å². The van der Waals surface area contributed by atoms with E-state index in [2.05, 4.69) is 68.1 Å². The van der Waals surface area contributed by atoms with Gasteiger partial charge >= 0.3 is 51.4 Å². The van der Waals surface area contributed by atoms with E-state index < -0.39 is 5.60 Å². The third kappa shape index (κ3) is 15.7. The van der Waals surface area contributed by atoms with Crippen LogP contribution in [0.3, 0.4) is 0 Å². The van der Waals surface area contributed by atoms with Crippen LogP contribution in [0.4, 0.5) is 17.1 Å². The molecule has 0 aromatic carbocycles. The minimum absolute atomic E-state index is 0. The Morgan fingerprint density at radius 2 is 1.15 bits per heavy atom. The predicted molar refractivity (Wildman–Crippen MR) is 173 cm³/mol. The Morgan fingerprint density at radius 1 is 0.795 bits per heavy atom. The van der Waals surface area contributed by atoms with Crippen molar-refractivity contribution in [3.8, 4) is 0 Å². The molecule has 39 heavy (non-hydrogen) atoms. The summed E-state index contributed by atoms with van der Waals surface area (Å²) < 4.78 is 2.83. The van der Waals surface area contributed by atoms with Crippen LogP contribution in [0.15, 0.2) is 32.0 Å². The molecule has 0 radical (unpaired) electrons. The van der Waals surface area contributed by atoms with Crippen LogP contribution in [0.2, 0.25) is 15.5 Å². The first-order chi connectivity index (χ1) is 17.3. The summed E-state index contributed by atoms with van der Waals surface area (Å²) in [4.78, 5) is 13.8. The van der Waals surface area contributed by atoms with Crippen LogP contribution < -0.4 is 72.4 Å². The van der Waals surface area contributed by atoms with E-state index in [-0.39, 0.29) is 51.4 Å². The van der Waals surface area contributed by atoms with Gasteiger partial charge in [-0.25, -0.2) is 15.0 Å². The molecule has 0 amide bonds. The number of hydrogen-bond acceptors (Lipinski definition) is 7. The van der Waals surface area contributed by atoms with Crippen molar-refractivity contribution >= 4 is 99.7 Å². The molecule has 3 rings (SSSR count). The van der Waals surface area contributed by atoms with Gasteiger partial charge in [0.15, 0.2) is 15.5 Å². The summed E-state index contributed by atoms with van der Waals surface area (Å²) in [5.74, 6) is 0. The maximum atomic E-state index is 10.1. The zero-order chi connectivity index (χ0) is 30.0. The first kappa shape index (κ1) is 41.9. The quantitative estimate of drug-likeness (QED) is 0.269. The summed E-state index contributed by atoms with van der Waals surface area (Å²) in [6.07, 6.45) is 5.04. The number of aromatic nitrogens is 3. The third-order valence-corrected chi connectivity index (χ3v) is 7.67. The molecule has 7 nitrogen and oxygen atoms in total. The van der Waals surface area contributed by atoms with E-state index in [1.54, 1.807) is 39.4 Å². The molecule has 0 aliphatic rings. The van der Waals surface area contributed by atoms with Crippen LogP contribution in [-0.2, 0) is 0 Å². The second-order valence-electron chi connectivity index (χ2n) is 8.96. The fourth-order valence-corrected chi connectivity index (χ4v) is 4.20. The third-order valence-electron chi connectivity index (χ3n) is 4.40. The second kappa shape index (κ2) is 19.9. The van der Waals surface area contributed by atoms with Crippen LogP contribution in [0.1, 0.15) is 37.5 Å².